The van der Waals surface area contributed by atoms with Crippen molar-refractivity contribution >= 4 is 52.9 Å². The zero-order valence-corrected chi connectivity index (χ0v) is 13.0. The fraction of sp³-hybridized carbons (Fsp3) is 0.375. The standard InChI is InChI=1S/C8H12N6O3S3/c1-4-11-14(8(18)20-4)17-7(15)5(12-16-2)6-10-3-19-13(6)9/h3,8,12,18H,9H2,1-2H3. The van der Waals surface area contributed by atoms with Crippen LogP contribution in [-0.4, -0.2) is 38.0 Å². The fourth-order valence-electron chi connectivity index (χ4n) is 1.29. The molecule has 0 amide bonds. The van der Waals surface area contributed by atoms with Crippen molar-refractivity contribution in [3.63, 3.8) is 0 Å². The van der Waals surface area contributed by atoms with Crippen LogP contribution in [0.25, 0.3) is 0 Å². The molecule has 0 aromatic carbocycles. The van der Waals surface area contributed by atoms with Gasteiger partial charge in [-0.05, 0) is 6.92 Å². The Morgan fingerprint density at radius 1 is 1.65 bits per heavy atom. The van der Waals surface area contributed by atoms with Gasteiger partial charge >= 0.3 is 5.97 Å². The molecule has 0 saturated carbocycles. The molecule has 0 fully saturated rings. The van der Waals surface area contributed by atoms with Gasteiger partial charge in [-0.15, -0.1) is 17.7 Å². The number of thiol groups is 1. The third kappa shape index (κ3) is 3.32. The number of hydrogen-bond donors (Lipinski definition) is 3. The van der Waals surface area contributed by atoms with Crippen LogP contribution in [0.2, 0.25) is 0 Å². The van der Waals surface area contributed by atoms with E-state index in [1.54, 1.807) is 6.92 Å². The monoisotopic (exact) mass is 336 g/mol. The molecule has 0 aromatic rings. The summed E-state index contributed by atoms with van der Waals surface area (Å²) in [7, 11) is 1.36. The lowest BCUT2D eigenvalue weighted by Crippen LogP contribution is -2.33. The van der Waals surface area contributed by atoms with Gasteiger partial charge in [-0.25, -0.2) is 20.0 Å². The highest BCUT2D eigenvalue weighted by Gasteiger charge is 2.30. The average Bonchev–Trinajstić information content (AvgIpc) is 2.93. The molecule has 0 aliphatic carbocycles. The van der Waals surface area contributed by atoms with Crippen molar-refractivity contribution < 1.29 is 14.5 Å². The molecule has 12 heteroatoms. The van der Waals surface area contributed by atoms with Gasteiger partial charge in [-0.1, -0.05) is 16.9 Å². The number of nitrogens with one attached hydrogen (secondary N) is 1. The number of rotatable bonds is 4. The predicted molar refractivity (Wildman–Crippen MR) is 80.7 cm³/mol. The van der Waals surface area contributed by atoms with Gasteiger partial charge in [0.1, 0.15) is 0 Å². The van der Waals surface area contributed by atoms with Crippen LogP contribution in [-0.2, 0) is 14.5 Å². The summed E-state index contributed by atoms with van der Waals surface area (Å²) in [6.07, 6.45) is 0. The zero-order chi connectivity index (χ0) is 14.7. The summed E-state index contributed by atoms with van der Waals surface area (Å²) in [6, 6.07) is 0. The van der Waals surface area contributed by atoms with E-state index in [0.717, 1.165) is 22.2 Å². The molecule has 1 unspecified atom stereocenters. The summed E-state index contributed by atoms with van der Waals surface area (Å²) in [4.78, 5) is 26.0. The molecule has 2 rings (SSSR count). The van der Waals surface area contributed by atoms with Crippen molar-refractivity contribution in [3.05, 3.63) is 11.5 Å². The normalized spacial score (nSPS) is 24.0. The summed E-state index contributed by atoms with van der Waals surface area (Å²) in [6.45, 7) is 1.79. The molecule has 0 saturated heterocycles. The van der Waals surface area contributed by atoms with Crippen LogP contribution in [0.15, 0.2) is 21.6 Å². The van der Waals surface area contributed by atoms with Gasteiger partial charge in [0.25, 0.3) is 0 Å². The summed E-state index contributed by atoms with van der Waals surface area (Å²) in [5.41, 5.74) is 3.85. The van der Waals surface area contributed by atoms with E-state index >= 15 is 0 Å². The Bertz CT molecular complexity index is 496. The number of thioether (sulfide) groups is 1. The smallest absolute Gasteiger partial charge is 0.314 e. The van der Waals surface area contributed by atoms with Crippen LogP contribution < -0.4 is 11.3 Å². The van der Waals surface area contributed by atoms with Crippen LogP contribution in [0.1, 0.15) is 6.92 Å². The minimum Gasteiger partial charge on any atom is -0.314 e. The molecule has 2 aliphatic heterocycles. The predicted octanol–water partition coefficient (Wildman–Crippen LogP) is 0.226. The van der Waals surface area contributed by atoms with Crippen LogP contribution in [0.4, 0.5) is 0 Å². The molecule has 0 bridgehead atoms. The number of hydroxylamine groups is 2. The van der Waals surface area contributed by atoms with Crippen LogP contribution in [0.5, 0.6) is 0 Å². The first-order chi connectivity index (χ1) is 9.52. The first-order valence-corrected chi connectivity index (χ1v) is 7.45. The SMILES string of the molecule is CONC(C(=O)ON1N=C(C)SC1S)=C1N=CSN1N. The van der Waals surface area contributed by atoms with E-state index in [-0.39, 0.29) is 11.5 Å². The van der Waals surface area contributed by atoms with Crippen molar-refractivity contribution in [1.29, 1.82) is 0 Å². The number of carbonyl (C=O) groups excluding carboxylic acids is 1. The van der Waals surface area contributed by atoms with Gasteiger partial charge in [-0.2, -0.15) is 0 Å². The van der Waals surface area contributed by atoms with Crippen molar-refractivity contribution in [2.75, 3.05) is 7.11 Å². The molecule has 2 heterocycles. The maximum atomic E-state index is 12.1. The highest BCUT2D eigenvalue weighted by atomic mass is 32.2. The van der Waals surface area contributed by atoms with Crippen LogP contribution in [0, 0.1) is 0 Å². The Labute approximate surface area is 129 Å². The Hall–Kier alpha value is -1.08. The number of aliphatic imine (C=N–C) groups is 1. The molecule has 110 valence electrons. The van der Waals surface area contributed by atoms with E-state index in [1.807, 2.05) is 0 Å². The molecule has 2 aliphatic rings. The largest absolute Gasteiger partial charge is 0.387 e. The summed E-state index contributed by atoms with van der Waals surface area (Å²) in [5.74, 6) is 5.10. The van der Waals surface area contributed by atoms with Gasteiger partial charge < -0.3 is 4.84 Å². The Balaban J connectivity index is 2.14. The van der Waals surface area contributed by atoms with Crippen molar-refractivity contribution in [2.45, 2.75) is 11.6 Å². The van der Waals surface area contributed by atoms with Gasteiger partial charge in [0, 0.05) is 11.9 Å². The topological polar surface area (TPSA) is 105 Å². The average molecular weight is 336 g/mol. The maximum absolute atomic E-state index is 12.1. The minimum atomic E-state index is -0.741. The van der Waals surface area contributed by atoms with E-state index in [2.05, 4.69) is 28.2 Å². The van der Waals surface area contributed by atoms with Crippen LogP contribution >= 0.6 is 36.3 Å². The summed E-state index contributed by atoms with van der Waals surface area (Å²) in [5, 5.41) is 5.84. The van der Waals surface area contributed by atoms with E-state index < -0.39 is 10.7 Å². The fourth-order valence-corrected chi connectivity index (χ4v) is 2.95. The summed E-state index contributed by atoms with van der Waals surface area (Å²) < 4.78 is 0.803. The molecule has 0 spiro atoms. The molecular formula is C8H12N6O3S3. The van der Waals surface area contributed by atoms with Crippen molar-refractivity contribution in [3.8, 4) is 0 Å². The first-order valence-electron chi connectivity index (χ1n) is 5.21. The number of hydrogen-bond acceptors (Lipinski definition) is 12. The number of hydrazone groups is 1. The second-order valence-corrected chi connectivity index (χ2v) is 6.34. The lowest BCUT2D eigenvalue weighted by molar-refractivity contribution is -0.184. The van der Waals surface area contributed by atoms with E-state index in [9.17, 15) is 4.79 Å². The Morgan fingerprint density at radius 3 is 2.90 bits per heavy atom. The highest BCUT2D eigenvalue weighted by molar-refractivity contribution is 8.21. The van der Waals surface area contributed by atoms with Gasteiger partial charge in [0.15, 0.2) is 16.2 Å². The Morgan fingerprint density at radius 2 is 2.40 bits per heavy atom. The quantitative estimate of drug-likeness (QED) is 0.219. The number of carbonyl (C=O) groups is 1. The van der Waals surface area contributed by atoms with Crippen LogP contribution in [0.3, 0.4) is 0 Å². The third-order valence-corrected chi connectivity index (χ3v) is 3.98. The second kappa shape index (κ2) is 6.58. The van der Waals surface area contributed by atoms with Crippen molar-refractivity contribution in [2.24, 2.45) is 15.9 Å². The number of nitrogens with zero attached hydrogens (tertiary/aromatic N) is 4. The molecule has 3 N–H and O–H groups in total. The van der Waals surface area contributed by atoms with E-state index in [1.165, 1.54) is 28.8 Å². The minimum absolute atomic E-state index is 0.0402. The maximum Gasteiger partial charge on any atom is 0.387 e. The highest BCUT2D eigenvalue weighted by Crippen LogP contribution is 2.29. The first kappa shape index (κ1) is 15.3. The third-order valence-electron chi connectivity index (χ3n) is 2.06. The zero-order valence-electron chi connectivity index (χ0n) is 10.5. The lowest BCUT2D eigenvalue weighted by Gasteiger charge is -2.19. The Kier molecular flexibility index (Phi) is 5.04. The van der Waals surface area contributed by atoms with Gasteiger partial charge in [0.2, 0.25) is 0 Å². The second-order valence-electron chi connectivity index (χ2n) is 3.41. The van der Waals surface area contributed by atoms with E-state index in [0.29, 0.717) is 0 Å². The number of nitrogens with two attached hydrogens (primary N) is 1. The van der Waals surface area contributed by atoms with Gasteiger partial charge in [-0.3, -0.25) is 10.3 Å². The molecular weight excluding hydrogens is 324 g/mol. The molecule has 20 heavy (non-hydrogen) atoms. The molecule has 9 nitrogen and oxygen atoms in total. The summed E-state index contributed by atoms with van der Waals surface area (Å²) >= 11 is 6.70. The molecule has 1 atom stereocenters. The number of hydrazine groups is 1. The van der Waals surface area contributed by atoms with Gasteiger partial charge in [0.05, 0.1) is 17.7 Å². The molecule has 0 aromatic heterocycles. The lowest BCUT2D eigenvalue weighted by atomic mass is 10.4. The van der Waals surface area contributed by atoms with Crippen molar-refractivity contribution in [1.82, 2.24) is 15.1 Å². The van der Waals surface area contributed by atoms with E-state index in [4.69, 9.17) is 15.5 Å². The molecule has 0 radical (unpaired) electrons.